The molecule has 0 aliphatic carbocycles. The summed E-state index contributed by atoms with van der Waals surface area (Å²) in [6.45, 7) is 2.89. The molecule has 88 valence electrons. The third-order valence-corrected chi connectivity index (χ3v) is 3.72. The monoisotopic (exact) mass is 237 g/mol. The minimum atomic E-state index is 0.574. The van der Waals surface area contributed by atoms with Crippen LogP contribution < -0.4 is 5.32 Å². The Hall–Kier alpha value is -0.510. The maximum absolute atomic E-state index is 5.43. The van der Waals surface area contributed by atoms with Crippen molar-refractivity contribution in [3.63, 3.8) is 0 Å². The smallest absolute Gasteiger partial charge is 0.0619 e. The average Bonchev–Trinajstić information content (AvgIpc) is 2.37. The molecular weight excluding hydrogens is 218 g/mol. The summed E-state index contributed by atoms with van der Waals surface area (Å²) in [6, 6.07) is 11.1. The molecule has 0 aromatic heterocycles. The summed E-state index contributed by atoms with van der Waals surface area (Å²) in [5, 5.41) is 3.55. The highest BCUT2D eigenvalue weighted by molar-refractivity contribution is 7.99. The van der Waals surface area contributed by atoms with Crippen LogP contribution in [-0.2, 0) is 4.74 Å². The number of hydrogen-bond donors (Lipinski definition) is 1. The lowest BCUT2D eigenvalue weighted by molar-refractivity contribution is 0.0712. The van der Waals surface area contributed by atoms with Gasteiger partial charge in [-0.05, 0) is 25.0 Å². The molecule has 0 spiro atoms. The van der Waals surface area contributed by atoms with E-state index in [1.54, 1.807) is 0 Å². The van der Waals surface area contributed by atoms with Gasteiger partial charge < -0.3 is 10.1 Å². The molecule has 0 bridgehead atoms. The molecule has 1 N–H and O–H groups in total. The van der Waals surface area contributed by atoms with Crippen LogP contribution in [0.4, 0.5) is 0 Å². The molecule has 0 saturated carbocycles. The van der Waals surface area contributed by atoms with Crippen molar-refractivity contribution in [3.8, 4) is 0 Å². The fourth-order valence-electron chi connectivity index (χ4n) is 1.85. The van der Waals surface area contributed by atoms with E-state index in [0.29, 0.717) is 6.04 Å². The molecule has 3 heteroatoms. The van der Waals surface area contributed by atoms with E-state index in [2.05, 4.69) is 35.6 Å². The third kappa shape index (κ3) is 4.16. The zero-order valence-corrected chi connectivity index (χ0v) is 10.3. The van der Waals surface area contributed by atoms with Gasteiger partial charge in [-0.1, -0.05) is 18.2 Å². The van der Waals surface area contributed by atoms with Crippen LogP contribution >= 0.6 is 11.8 Å². The Labute approximate surface area is 102 Å². The van der Waals surface area contributed by atoms with Crippen LogP contribution in [0.5, 0.6) is 0 Å². The second kappa shape index (κ2) is 6.94. The standard InChI is InChI=1S/C13H19NOS/c1-2-6-13(7-3-1)16-10-8-14-12-5-4-9-15-11-12/h1-3,6-7,12,14H,4-5,8-11H2. The first-order chi connectivity index (χ1) is 7.95. The van der Waals surface area contributed by atoms with Gasteiger partial charge in [-0.25, -0.2) is 0 Å². The molecule has 16 heavy (non-hydrogen) atoms. The van der Waals surface area contributed by atoms with E-state index >= 15 is 0 Å². The lowest BCUT2D eigenvalue weighted by Gasteiger charge is -2.23. The number of hydrogen-bond acceptors (Lipinski definition) is 3. The van der Waals surface area contributed by atoms with Crippen molar-refractivity contribution in [2.24, 2.45) is 0 Å². The van der Waals surface area contributed by atoms with Gasteiger partial charge in [-0.15, -0.1) is 11.8 Å². The Morgan fingerprint density at radius 1 is 1.31 bits per heavy atom. The average molecular weight is 237 g/mol. The van der Waals surface area contributed by atoms with Crippen molar-refractivity contribution >= 4 is 11.8 Å². The molecule has 2 rings (SSSR count). The Morgan fingerprint density at radius 3 is 2.94 bits per heavy atom. The molecule has 0 amide bonds. The largest absolute Gasteiger partial charge is 0.380 e. The van der Waals surface area contributed by atoms with Gasteiger partial charge in [-0.2, -0.15) is 0 Å². The van der Waals surface area contributed by atoms with Crippen molar-refractivity contribution in [1.82, 2.24) is 5.32 Å². The van der Waals surface area contributed by atoms with Gasteiger partial charge in [0, 0.05) is 29.8 Å². The first-order valence-electron chi connectivity index (χ1n) is 5.94. The normalized spacial score (nSPS) is 20.9. The van der Waals surface area contributed by atoms with Gasteiger partial charge >= 0.3 is 0 Å². The van der Waals surface area contributed by atoms with Gasteiger partial charge in [-0.3, -0.25) is 0 Å². The summed E-state index contributed by atoms with van der Waals surface area (Å²) in [6.07, 6.45) is 2.46. The molecule has 1 fully saturated rings. The van der Waals surface area contributed by atoms with Gasteiger partial charge in [0.25, 0.3) is 0 Å². The number of thioether (sulfide) groups is 1. The zero-order chi connectivity index (χ0) is 11.1. The Morgan fingerprint density at radius 2 is 2.19 bits per heavy atom. The maximum Gasteiger partial charge on any atom is 0.0619 e. The highest BCUT2D eigenvalue weighted by atomic mass is 32.2. The van der Waals surface area contributed by atoms with E-state index in [-0.39, 0.29) is 0 Å². The van der Waals surface area contributed by atoms with Gasteiger partial charge in [0.05, 0.1) is 6.61 Å². The van der Waals surface area contributed by atoms with Crippen LogP contribution in [-0.4, -0.2) is 31.6 Å². The molecule has 1 aromatic rings. The molecule has 1 saturated heterocycles. The van der Waals surface area contributed by atoms with Crippen LogP contribution in [0.15, 0.2) is 35.2 Å². The molecule has 1 atom stereocenters. The topological polar surface area (TPSA) is 21.3 Å². The highest BCUT2D eigenvalue weighted by Crippen LogP contribution is 2.16. The zero-order valence-electron chi connectivity index (χ0n) is 9.52. The second-order valence-corrected chi connectivity index (χ2v) is 5.20. The first-order valence-corrected chi connectivity index (χ1v) is 6.93. The van der Waals surface area contributed by atoms with E-state index in [1.165, 1.54) is 17.7 Å². The predicted molar refractivity (Wildman–Crippen MR) is 69.0 cm³/mol. The van der Waals surface area contributed by atoms with Gasteiger partial charge in [0.15, 0.2) is 0 Å². The van der Waals surface area contributed by atoms with Crippen LogP contribution in [0.25, 0.3) is 0 Å². The SMILES string of the molecule is c1ccc(SCCNC2CCCOC2)cc1. The summed E-state index contributed by atoms with van der Waals surface area (Å²) >= 11 is 1.91. The fraction of sp³-hybridized carbons (Fsp3) is 0.538. The Balaban J connectivity index is 1.58. The second-order valence-electron chi connectivity index (χ2n) is 4.03. The minimum Gasteiger partial charge on any atom is -0.380 e. The minimum absolute atomic E-state index is 0.574. The first kappa shape index (κ1) is 12.0. The molecule has 1 aromatic carbocycles. The summed E-state index contributed by atoms with van der Waals surface area (Å²) in [5.74, 6) is 1.13. The number of nitrogens with one attached hydrogen (secondary N) is 1. The van der Waals surface area contributed by atoms with Crippen LogP contribution in [0.1, 0.15) is 12.8 Å². The molecule has 1 unspecified atom stereocenters. The van der Waals surface area contributed by atoms with Crippen molar-refractivity contribution in [2.45, 2.75) is 23.8 Å². The third-order valence-electron chi connectivity index (χ3n) is 2.71. The van der Waals surface area contributed by atoms with E-state index in [1.807, 2.05) is 11.8 Å². The molecule has 1 aliphatic rings. The number of rotatable bonds is 5. The van der Waals surface area contributed by atoms with Gasteiger partial charge in [0.1, 0.15) is 0 Å². The predicted octanol–water partition coefficient (Wildman–Crippen LogP) is 2.55. The van der Waals surface area contributed by atoms with Crippen molar-refractivity contribution in [1.29, 1.82) is 0 Å². The fourth-order valence-corrected chi connectivity index (χ4v) is 2.66. The van der Waals surface area contributed by atoms with Gasteiger partial charge in [0.2, 0.25) is 0 Å². The van der Waals surface area contributed by atoms with Crippen LogP contribution in [0, 0.1) is 0 Å². The van der Waals surface area contributed by atoms with E-state index in [4.69, 9.17) is 4.74 Å². The summed E-state index contributed by atoms with van der Waals surface area (Å²) in [7, 11) is 0. The maximum atomic E-state index is 5.43. The summed E-state index contributed by atoms with van der Waals surface area (Å²) < 4.78 is 5.43. The summed E-state index contributed by atoms with van der Waals surface area (Å²) in [4.78, 5) is 1.35. The summed E-state index contributed by atoms with van der Waals surface area (Å²) in [5.41, 5.74) is 0. The van der Waals surface area contributed by atoms with Crippen molar-refractivity contribution in [3.05, 3.63) is 30.3 Å². The Bertz CT molecular complexity index is 285. The van der Waals surface area contributed by atoms with E-state index < -0.39 is 0 Å². The molecule has 1 heterocycles. The number of ether oxygens (including phenoxy) is 1. The van der Waals surface area contributed by atoms with Crippen molar-refractivity contribution in [2.75, 3.05) is 25.5 Å². The van der Waals surface area contributed by atoms with Crippen molar-refractivity contribution < 1.29 is 4.74 Å². The van der Waals surface area contributed by atoms with Crippen LogP contribution in [0.3, 0.4) is 0 Å². The molecule has 2 nitrogen and oxygen atoms in total. The molecular formula is C13H19NOS. The molecule has 1 aliphatic heterocycles. The van der Waals surface area contributed by atoms with E-state index in [9.17, 15) is 0 Å². The van der Waals surface area contributed by atoms with Crippen LogP contribution in [0.2, 0.25) is 0 Å². The lowest BCUT2D eigenvalue weighted by atomic mass is 10.1. The van der Waals surface area contributed by atoms with E-state index in [0.717, 1.165) is 25.5 Å². The Kier molecular flexibility index (Phi) is 5.19. The molecule has 0 radical (unpaired) electrons. The quantitative estimate of drug-likeness (QED) is 0.628. The lowest BCUT2D eigenvalue weighted by Crippen LogP contribution is -2.37. The highest BCUT2D eigenvalue weighted by Gasteiger charge is 2.12. The number of benzene rings is 1.